The molecule has 0 saturated heterocycles. The van der Waals surface area contributed by atoms with E-state index in [9.17, 15) is 0 Å². The quantitative estimate of drug-likeness (QED) is 0.500. The van der Waals surface area contributed by atoms with E-state index in [1.54, 1.807) is 0 Å². The van der Waals surface area contributed by atoms with Crippen molar-refractivity contribution in [3.05, 3.63) is 70.8 Å². The fourth-order valence-electron chi connectivity index (χ4n) is 4.55. The SMILES string of the molecule is Cc1ccc(CC(Cc2ccc(C)cc2)(C2=N[C@@H](C(C)C)CO2)C2=N[C@@H](C(C)C)CO2)cc1. The zero-order chi connectivity index (χ0) is 23.6. The number of aliphatic imine (C=N–C) groups is 2. The molecule has 0 amide bonds. The van der Waals surface area contributed by atoms with Gasteiger partial charge in [0.1, 0.15) is 18.6 Å². The van der Waals surface area contributed by atoms with E-state index in [-0.39, 0.29) is 12.1 Å². The van der Waals surface area contributed by atoms with Crippen LogP contribution < -0.4 is 0 Å². The average molecular weight is 447 g/mol. The van der Waals surface area contributed by atoms with E-state index in [1.807, 2.05) is 0 Å². The molecule has 33 heavy (non-hydrogen) atoms. The van der Waals surface area contributed by atoms with E-state index in [2.05, 4.69) is 90.1 Å². The van der Waals surface area contributed by atoms with Crippen molar-refractivity contribution in [1.29, 1.82) is 0 Å². The summed E-state index contributed by atoms with van der Waals surface area (Å²) in [7, 11) is 0. The molecule has 0 saturated carbocycles. The lowest BCUT2D eigenvalue weighted by atomic mass is 9.75. The van der Waals surface area contributed by atoms with E-state index in [1.165, 1.54) is 22.3 Å². The third kappa shape index (κ3) is 5.15. The number of nitrogens with zero attached hydrogens (tertiary/aromatic N) is 2. The van der Waals surface area contributed by atoms with Crippen molar-refractivity contribution >= 4 is 11.8 Å². The average Bonchev–Trinajstić information content (AvgIpc) is 3.47. The molecule has 0 bridgehead atoms. The molecule has 2 aliphatic rings. The number of aryl methyl sites for hydroxylation is 2. The van der Waals surface area contributed by atoms with Crippen LogP contribution in [0.3, 0.4) is 0 Å². The van der Waals surface area contributed by atoms with E-state index in [0.717, 1.165) is 24.6 Å². The monoisotopic (exact) mass is 446 g/mol. The molecule has 0 fully saturated rings. The van der Waals surface area contributed by atoms with Gasteiger partial charge in [-0.1, -0.05) is 87.4 Å². The molecule has 2 aromatic carbocycles. The largest absolute Gasteiger partial charge is 0.478 e. The second-order valence-corrected chi connectivity index (χ2v) is 10.5. The van der Waals surface area contributed by atoms with Crippen LogP contribution in [0.2, 0.25) is 0 Å². The van der Waals surface area contributed by atoms with E-state index in [4.69, 9.17) is 19.5 Å². The molecule has 2 heterocycles. The van der Waals surface area contributed by atoms with Gasteiger partial charge in [-0.3, -0.25) is 0 Å². The Bertz CT molecular complexity index is 919. The topological polar surface area (TPSA) is 43.2 Å². The minimum Gasteiger partial charge on any atom is -0.478 e. The summed E-state index contributed by atoms with van der Waals surface area (Å²) in [6, 6.07) is 17.9. The van der Waals surface area contributed by atoms with E-state index < -0.39 is 5.41 Å². The highest BCUT2D eigenvalue weighted by Gasteiger charge is 2.49. The van der Waals surface area contributed by atoms with Crippen LogP contribution in [-0.4, -0.2) is 37.1 Å². The van der Waals surface area contributed by atoms with Crippen molar-refractivity contribution < 1.29 is 9.47 Å². The number of rotatable bonds is 8. The van der Waals surface area contributed by atoms with Gasteiger partial charge in [-0.05, 0) is 49.7 Å². The summed E-state index contributed by atoms with van der Waals surface area (Å²) in [6.07, 6.45) is 1.49. The first-order valence-electron chi connectivity index (χ1n) is 12.3. The van der Waals surface area contributed by atoms with Gasteiger partial charge in [0.2, 0.25) is 0 Å². The first kappa shape index (κ1) is 23.5. The molecule has 0 radical (unpaired) electrons. The summed E-state index contributed by atoms with van der Waals surface area (Å²) in [5.74, 6) is 2.42. The Morgan fingerprint density at radius 1 is 0.697 bits per heavy atom. The summed E-state index contributed by atoms with van der Waals surface area (Å²) in [5, 5.41) is 0. The van der Waals surface area contributed by atoms with Gasteiger partial charge in [-0.2, -0.15) is 0 Å². The first-order chi connectivity index (χ1) is 15.8. The molecule has 4 nitrogen and oxygen atoms in total. The van der Waals surface area contributed by atoms with Crippen LogP contribution in [0.4, 0.5) is 0 Å². The standard InChI is InChI=1S/C29H38N2O2/c1-19(2)25-17-32-27(30-25)29(15-23-11-7-21(5)8-12-23,16-24-13-9-22(6)10-14-24)28-31-26(18-33-28)20(3)4/h7-14,19-20,25-26H,15-18H2,1-6H3/t25-,26-/m1/s1. The predicted octanol–water partition coefficient (Wildman–Crippen LogP) is 5.98. The van der Waals surface area contributed by atoms with Crippen LogP contribution in [-0.2, 0) is 22.3 Å². The van der Waals surface area contributed by atoms with Gasteiger partial charge in [0.05, 0.1) is 12.1 Å². The molecule has 2 aliphatic heterocycles. The number of benzene rings is 2. The molecule has 0 aliphatic carbocycles. The zero-order valence-electron chi connectivity index (χ0n) is 21.0. The zero-order valence-corrected chi connectivity index (χ0v) is 21.0. The Morgan fingerprint density at radius 3 is 1.36 bits per heavy atom. The Kier molecular flexibility index (Phi) is 6.92. The van der Waals surface area contributed by atoms with Gasteiger partial charge in [0.15, 0.2) is 11.8 Å². The fraction of sp³-hybridized carbons (Fsp3) is 0.517. The van der Waals surface area contributed by atoms with Crippen molar-refractivity contribution in [2.45, 2.75) is 66.5 Å². The lowest BCUT2D eigenvalue weighted by Crippen LogP contribution is -2.44. The normalized spacial score (nSPS) is 20.6. The number of hydrogen-bond donors (Lipinski definition) is 0. The molecule has 0 unspecified atom stereocenters. The molecule has 0 spiro atoms. The second kappa shape index (κ2) is 9.70. The maximum atomic E-state index is 6.38. The fourth-order valence-corrected chi connectivity index (χ4v) is 4.55. The van der Waals surface area contributed by atoms with Crippen LogP contribution in [0.1, 0.15) is 49.9 Å². The van der Waals surface area contributed by atoms with E-state index >= 15 is 0 Å². The smallest absolute Gasteiger partial charge is 0.200 e. The molecule has 0 aromatic heterocycles. The Hall–Kier alpha value is -2.62. The van der Waals surface area contributed by atoms with Gasteiger partial charge in [-0.25, -0.2) is 9.98 Å². The number of hydrogen-bond acceptors (Lipinski definition) is 4. The van der Waals surface area contributed by atoms with Gasteiger partial charge >= 0.3 is 0 Å². The van der Waals surface area contributed by atoms with Crippen molar-refractivity contribution in [1.82, 2.24) is 0 Å². The Labute approximate surface area is 199 Å². The maximum absolute atomic E-state index is 6.38. The van der Waals surface area contributed by atoms with Gasteiger partial charge in [0.25, 0.3) is 0 Å². The lowest BCUT2D eigenvalue weighted by molar-refractivity contribution is 0.237. The van der Waals surface area contributed by atoms with Crippen molar-refractivity contribution in [3.63, 3.8) is 0 Å². The van der Waals surface area contributed by atoms with Crippen LogP contribution in [0.15, 0.2) is 58.5 Å². The molecule has 4 heteroatoms. The molecule has 2 aromatic rings. The minimum absolute atomic E-state index is 0.165. The Balaban J connectivity index is 1.84. The summed E-state index contributed by atoms with van der Waals surface area (Å²) >= 11 is 0. The third-order valence-corrected chi connectivity index (χ3v) is 6.96. The summed E-state index contributed by atoms with van der Waals surface area (Å²) in [4.78, 5) is 10.3. The molecular formula is C29H38N2O2. The van der Waals surface area contributed by atoms with Gasteiger partial charge in [-0.15, -0.1) is 0 Å². The van der Waals surface area contributed by atoms with Crippen LogP contribution in [0.25, 0.3) is 0 Å². The predicted molar refractivity (Wildman–Crippen MR) is 136 cm³/mol. The third-order valence-electron chi connectivity index (χ3n) is 6.96. The summed E-state index contributed by atoms with van der Waals surface area (Å²) < 4.78 is 12.8. The molecule has 2 atom stereocenters. The highest BCUT2D eigenvalue weighted by atomic mass is 16.5. The minimum atomic E-state index is -0.558. The highest BCUT2D eigenvalue weighted by molar-refractivity contribution is 6.07. The molecular weight excluding hydrogens is 408 g/mol. The summed E-state index contributed by atoms with van der Waals surface area (Å²) in [6.45, 7) is 14.3. The first-order valence-corrected chi connectivity index (χ1v) is 12.3. The molecule has 4 rings (SSSR count). The Morgan fingerprint density at radius 2 is 1.06 bits per heavy atom. The van der Waals surface area contributed by atoms with Crippen molar-refractivity contribution in [2.24, 2.45) is 27.2 Å². The maximum Gasteiger partial charge on any atom is 0.200 e. The number of ether oxygens (including phenoxy) is 2. The highest BCUT2D eigenvalue weighted by Crippen LogP contribution is 2.38. The van der Waals surface area contributed by atoms with Gasteiger partial charge in [0, 0.05) is 0 Å². The lowest BCUT2D eigenvalue weighted by Gasteiger charge is -2.32. The van der Waals surface area contributed by atoms with Crippen LogP contribution >= 0.6 is 0 Å². The summed E-state index contributed by atoms with van der Waals surface area (Å²) in [5.41, 5.74) is 4.44. The van der Waals surface area contributed by atoms with Crippen LogP contribution in [0, 0.1) is 31.1 Å². The second-order valence-electron chi connectivity index (χ2n) is 10.5. The van der Waals surface area contributed by atoms with Crippen LogP contribution in [0.5, 0.6) is 0 Å². The molecule has 0 N–H and O–H groups in total. The van der Waals surface area contributed by atoms with Crippen molar-refractivity contribution in [2.75, 3.05) is 13.2 Å². The molecule has 176 valence electrons. The van der Waals surface area contributed by atoms with E-state index in [0.29, 0.717) is 25.0 Å². The van der Waals surface area contributed by atoms with Gasteiger partial charge < -0.3 is 9.47 Å². The van der Waals surface area contributed by atoms with Crippen molar-refractivity contribution in [3.8, 4) is 0 Å².